The molecule has 1 unspecified atom stereocenters. The number of cyclic esters (lactones) is 1. The Morgan fingerprint density at radius 2 is 1.84 bits per heavy atom. The van der Waals surface area contributed by atoms with Crippen LogP contribution in [-0.2, 0) is 10.3 Å². The van der Waals surface area contributed by atoms with Gasteiger partial charge >= 0.3 is 6.09 Å². The lowest BCUT2D eigenvalue weighted by Gasteiger charge is -2.50. The molecule has 0 aliphatic carbocycles. The SMILES string of the molecule is COc1ccc(N2CC(CC[N+]3([O-])CCC(O)(c4ccc(Cl)cc4)CC3)OC2=O)cc1. The van der Waals surface area contributed by atoms with Crippen molar-refractivity contribution in [2.24, 2.45) is 0 Å². The molecule has 2 fully saturated rings. The molecule has 4 rings (SSSR count). The lowest BCUT2D eigenvalue weighted by atomic mass is 9.84. The van der Waals surface area contributed by atoms with Crippen LogP contribution in [0.15, 0.2) is 48.5 Å². The lowest BCUT2D eigenvalue weighted by Crippen LogP contribution is -2.53. The molecule has 1 amide bonds. The van der Waals surface area contributed by atoms with Crippen molar-refractivity contribution in [1.29, 1.82) is 0 Å². The summed E-state index contributed by atoms with van der Waals surface area (Å²) in [7, 11) is 1.59. The van der Waals surface area contributed by atoms with Gasteiger partial charge in [0.1, 0.15) is 17.5 Å². The second kappa shape index (κ2) is 8.67. The fourth-order valence-electron chi connectivity index (χ4n) is 4.31. The van der Waals surface area contributed by atoms with Gasteiger partial charge < -0.3 is 24.4 Å². The molecular weight excluding hydrogens is 420 g/mol. The van der Waals surface area contributed by atoms with Crippen LogP contribution in [0.4, 0.5) is 10.5 Å². The molecule has 166 valence electrons. The van der Waals surface area contributed by atoms with Crippen LogP contribution in [0.5, 0.6) is 5.75 Å². The van der Waals surface area contributed by atoms with E-state index >= 15 is 0 Å². The monoisotopic (exact) mass is 446 g/mol. The van der Waals surface area contributed by atoms with E-state index in [1.165, 1.54) is 0 Å². The van der Waals surface area contributed by atoms with Crippen LogP contribution in [0.1, 0.15) is 24.8 Å². The minimum absolute atomic E-state index is 0.321. The van der Waals surface area contributed by atoms with Crippen molar-refractivity contribution < 1.29 is 24.0 Å². The zero-order chi connectivity index (χ0) is 22.1. The maximum absolute atomic E-state index is 13.2. The summed E-state index contributed by atoms with van der Waals surface area (Å²) in [5.74, 6) is 0.717. The molecular formula is C23H27ClN2O5. The number of hydrogen-bond donors (Lipinski definition) is 1. The number of nitrogens with zero attached hydrogens (tertiary/aromatic N) is 2. The Morgan fingerprint density at radius 3 is 2.45 bits per heavy atom. The first-order valence-electron chi connectivity index (χ1n) is 10.5. The van der Waals surface area contributed by atoms with Crippen LogP contribution >= 0.6 is 11.6 Å². The third-order valence-corrected chi connectivity index (χ3v) is 6.62. The van der Waals surface area contributed by atoms with Gasteiger partial charge in [-0.05, 0) is 42.0 Å². The molecule has 2 aromatic rings. The van der Waals surface area contributed by atoms with Crippen LogP contribution in [0.3, 0.4) is 0 Å². The maximum atomic E-state index is 13.2. The number of carbonyl (C=O) groups is 1. The molecule has 8 heteroatoms. The number of carbonyl (C=O) groups excluding carboxylic acids is 1. The number of quaternary nitrogens is 1. The summed E-state index contributed by atoms with van der Waals surface area (Å²) in [5.41, 5.74) is 0.537. The van der Waals surface area contributed by atoms with Gasteiger partial charge in [0.25, 0.3) is 0 Å². The van der Waals surface area contributed by atoms with Crippen molar-refractivity contribution in [1.82, 2.24) is 0 Å². The molecule has 1 atom stereocenters. The number of hydroxylamine groups is 3. The van der Waals surface area contributed by atoms with Gasteiger partial charge in [-0.1, -0.05) is 23.7 Å². The van der Waals surface area contributed by atoms with Crippen LogP contribution in [0.25, 0.3) is 0 Å². The number of amides is 1. The predicted octanol–water partition coefficient (Wildman–Crippen LogP) is 4.06. The Hall–Kier alpha value is -2.32. The molecule has 0 saturated carbocycles. The van der Waals surface area contributed by atoms with Crippen LogP contribution < -0.4 is 9.64 Å². The van der Waals surface area contributed by atoms with Gasteiger partial charge in [0.05, 0.1) is 33.3 Å². The van der Waals surface area contributed by atoms with Gasteiger partial charge in [-0.15, -0.1) is 0 Å². The third-order valence-electron chi connectivity index (χ3n) is 6.36. The largest absolute Gasteiger partial charge is 0.633 e. The minimum Gasteiger partial charge on any atom is -0.633 e. The number of likely N-dealkylation sites (tertiary alicyclic amines) is 1. The number of aliphatic hydroxyl groups is 1. The Kier molecular flexibility index (Phi) is 6.12. The van der Waals surface area contributed by atoms with Crippen molar-refractivity contribution in [2.75, 3.05) is 38.2 Å². The van der Waals surface area contributed by atoms with Gasteiger partial charge in [-0.3, -0.25) is 4.90 Å². The Labute approximate surface area is 186 Å². The first-order valence-corrected chi connectivity index (χ1v) is 10.9. The zero-order valence-corrected chi connectivity index (χ0v) is 18.3. The van der Waals surface area contributed by atoms with Crippen LogP contribution in [0, 0.1) is 5.21 Å². The van der Waals surface area contributed by atoms with E-state index in [2.05, 4.69) is 0 Å². The van der Waals surface area contributed by atoms with Gasteiger partial charge in [0, 0.05) is 30.0 Å². The zero-order valence-electron chi connectivity index (χ0n) is 17.5. The van der Waals surface area contributed by atoms with Gasteiger partial charge in [0.15, 0.2) is 0 Å². The first kappa shape index (κ1) is 21.9. The van der Waals surface area contributed by atoms with E-state index in [0.29, 0.717) is 56.2 Å². The van der Waals surface area contributed by atoms with Crippen molar-refractivity contribution >= 4 is 23.4 Å². The molecule has 1 N–H and O–H groups in total. The molecule has 0 spiro atoms. The highest BCUT2D eigenvalue weighted by atomic mass is 35.5. The van der Waals surface area contributed by atoms with Crippen molar-refractivity contribution in [2.45, 2.75) is 31.0 Å². The molecule has 2 aliphatic rings. The van der Waals surface area contributed by atoms with E-state index in [9.17, 15) is 15.1 Å². The van der Waals surface area contributed by atoms with Gasteiger partial charge in [0.2, 0.25) is 0 Å². The quantitative estimate of drug-likeness (QED) is 0.534. The minimum atomic E-state index is -0.998. The summed E-state index contributed by atoms with van der Waals surface area (Å²) in [4.78, 5) is 13.9. The number of methoxy groups -OCH3 is 1. The Morgan fingerprint density at radius 1 is 1.19 bits per heavy atom. The smallest absolute Gasteiger partial charge is 0.414 e. The van der Waals surface area contributed by atoms with Gasteiger partial charge in [-0.2, -0.15) is 0 Å². The molecule has 2 aromatic carbocycles. The summed E-state index contributed by atoms with van der Waals surface area (Å²) in [6, 6.07) is 14.4. The summed E-state index contributed by atoms with van der Waals surface area (Å²) in [5, 5.41) is 24.8. The molecule has 0 aromatic heterocycles. The van der Waals surface area contributed by atoms with Crippen LogP contribution in [-0.4, -0.2) is 55.2 Å². The number of anilines is 1. The molecule has 31 heavy (non-hydrogen) atoms. The van der Waals surface area contributed by atoms with E-state index in [1.807, 2.05) is 24.3 Å². The summed E-state index contributed by atoms with van der Waals surface area (Å²) < 4.78 is 10.3. The van der Waals surface area contributed by atoms with E-state index in [1.54, 1.807) is 36.3 Å². The summed E-state index contributed by atoms with van der Waals surface area (Å²) >= 11 is 5.94. The highest BCUT2D eigenvalue weighted by molar-refractivity contribution is 6.30. The highest BCUT2D eigenvalue weighted by Gasteiger charge is 2.40. The molecule has 0 radical (unpaired) electrons. The standard InChI is InChI=1S/C23H27ClN2O5/c1-30-20-8-6-19(7-9-20)25-16-21(31-22(25)27)10-13-26(29)14-11-23(28,12-15-26)17-2-4-18(24)5-3-17/h2-9,21,28H,10-16H2,1H3. The first-order chi connectivity index (χ1) is 14.8. The highest BCUT2D eigenvalue weighted by Crippen LogP contribution is 2.36. The van der Waals surface area contributed by atoms with E-state index in [0.717, 1.165) is 11.3 Å². The van der Waals surface area contributed by atoms with E-state index in [4.69, 9.17) is 21.1 Å². The lowest BCUT2D eigenvalue weighted by molar-refractivity contribution is -0.889. The molecule has 0 bridgehead atoms. The predicted molar refractivity (Wildman–Crippen MR) is 118 cm³/mol. The number of hydrogen-bond acceptors (Lipinski definition) is 5. The topological polar surface area (TPSA) is 82.1 Å². The maximum Gasteiger partial charge on any atom is 0.414 e. The molecule has 2 saturated heterocycles. The van der Waals surface area contributed by atoms with E-state index < -0.39 is 11.7 Å². The van der Waals surface area contributed by atoms with Crippen molar-refractivity contribution in [3.63, 3.8) is 0 Å². The number of halogens is 1. The molecule has 7 nitrogen and oxygen atoms in total. The van der Waals surface area contributed by atoms with Crippen molar-refractivity contribution in [3.05, 3.63) is 64.3 Å². The second-order valence-electron chi connectivity index (χ2n) is 8.37. The average molecular weight is 447 g/mol. The fraction of sp³-hybridized carbons (Fsp3) is 0.435. The molecule has 2 heterocycles. The Balaban J connectivity index is 1.31. The Bertz CT molecular complexity index is 911. The third kappa shape index (κ3) is 4.80. The fourth-order valence-corrected chi connectivity index (χ4v) is 4.44. The number of benzene rings is 2. The van der Waals surface area contributed by atoms with E-state index in [-0.39, 0.29) is 10.8 Å². The van der Waals surface area contributed by atoms with Gasteiger partial charge in [-0.25, -0.2) is 4.79 Å². The number of piperidine rings is 1. The molecule has 2 aliphatic heterocycles. The second-order valence-corrected chi connectivity index (χ2v) is 8.81. The van der Waals surface area contributed by atoms with Crippen LogP contribution in [0.2, 0.25) is 5.02 Å². The summed E-state index contributed by atoms with van der Waals surface area (Å²) in [6.07, 6.45) is 0.543. The number of rotatable bonds is 6. The number of ether oxygens (including phenoxy) is 2. The normalized spacial score (nSPS) is 28.5. The summed E-state index contributed by atoms with van der Waals surface area (Å²) in [6.45, 7) is 1.41. The average Bonchev–Trinajstić information content (AvgIpc) is 3.16. The van der Waals surface area contributed by atoms with Crippen molar-refractivity contribution in [3.8, 4) is 5.75 Å².